The molecule has 1 unspecified atom stereocenters. The van der Waals surface area contributed by atoms with Crippen LogP contribution >= 0.6 is 0 Å². The fraction of sp³-hybridized carbons (Fsp3) is 0.480. The normalized spacial score (nSPS) is 23.2. The first kappa shape index (κ1) is 20.5. The van der Waals surface area contributed by atoms with Crippen molar-refractivity contribution in [1.29, 1.82) is 0 Å². The molecular formula is C25H32N4O2. The van der Waals surface area contributed by atoms with Crippen LogP contribution in [0.2, 0.25) is 0 Å². The van der Waals surface area contributed by atoms with E-state index in [0.29, 0.717) is 5.92 Å². The van der Waals surface area contributed by atoms with Crippen molar-refractivity contribution >= 4 is 11.6 Å². The molecule has 5 rings (SSSR count). The van der Waals surface area contributed by atoms with Gasteiger partial charge in [0.25, 0.3) is 0 Å². The molecule has 0 spiro atoms. The SMILES string of the molecule is COc1cccc(C2C(=O)N(c3ccc(C4CNNC4)cc3)CCCN2CC2CC2)c1. The third-order valence-corrected chi connectivity index (χ3v) is 6.79. The summed E-state index contributed by atoms with van der Waals surface area (Å²) >= 11 is 0. The molecule has 1 saturated carbocycles. The second-order valence-corrected chi connectivity index (χ2v) is 9.01. The fourth-order valence-electron chi connectivity index (χ4n) is 4.85. The second-order valence-electron chi connectivity index (χ2n) is 9.01. The molecule has 2 heterocycles. The predicted octanol–water partition coefficient (Wildman–Crippen LogP) is 3.08. The third-order valence-electron chi connectivity index (χ3n) is 6.79. The average molecular weight is 421 g/mol. The number of methoxy groups -OCH3 is 1. The Morgan fingerprint density at radius 1 is 1.00 bits per heavy atom. The van der Waals surface area contributed by atoms with E-state index in [1.54, 1.807) is 7.11 Å². The van der Waals surface area contributed by atoms with Gasteiger partial charge in [-0.1, -0.05) is 24.3 Å². The summed E-state index contributed by atoms with van der Waals surface area (Å²) < 4.78 is 5.46. The number of ether oxygens (including phenoxy) is 1. The van der Waals surface area contributed by atoms with Crippen LogP contribution in [0.3, 0.4) is 0 Å². The Kier molecular flexibility index (Phi) is 5.94. The van der Waals surface area contributed by atoms with Gasteiger partial charge < -0.3 is 9.64 Å². The van der Waals surface area contributed by atoms with Gasteiger partial charge in [-0.2, -0.15) is 0 Å². The third kappa shape index (κ3) is 4.47. The van der Waals surface area contributed by atoms with Crippen molar-refractivity contribution in [2.24, 2.45) is 5.92 Å². The Bertz CT molecular complexity index is 906. The van der Waals surface area contributed by atoms with E-state index >= 15 is 0 Å². The summed E-state index contributed by atoms with van der Waals surface area (Å²) in [6.45, 7) is 4.58. The van der Waals surface area contributed by atoms with Crippen molar-refractivity contribution in [3.63, 3.8) is 0 Å². The number of carbonyl (C=O) groups is 1. The molecule has 2 saturated heterocycles. The van der Waals surface area contributed by atoms with Gasteiger partial charge in [0.15, 0.2) is 0 Å². The van der Waals surface area contributed by atoms with Gasteiger partial charge in [-0.05, 0) is 60.6 Å². The largest absolute Gasteiger partial charge is 0.497 e. The van der Waals surface area contributed by atoms with Crippen molar-refractivity contribution in [3.05, 3.63) is 59.7 Å². The van der Waals surface area contributed by atoms with E-state index in [9.17, 15) is 4.79 Å². The summed E-state index contributed by atoms with van der Waals surface area (Å²) in [6, 6.07) is 16.3. The van der Waals surface area contributed by atoms with Crippen LogP contribution < -0.4 is 20.5 Å². The minimum Gasteiger partial charge on any atom is -0.497 e. The molecule has 2 aliphatic heterocycles. The maximum absolute atomic E-state index is 13.9. The van der Waals surface area contributed by atoms with E-state index in [1.807, 2.05) is 23.1 Å². The monoisotopic (exact) mass is 420 g/mol. The minimum atomic E-state index is -0.263. The number of rotatable bonds is 6. The van der Waals surface area contributed by atoms with E-state index in [1.165, 1.54) is 18.4 Å². The molecule has 31 heavy (non-hydrogen) atoms. The number of carbonyl (C=O) groups excluding carboxylic acids is 1. The first-order chi connectivity index (χ1) is 15.2. The molecule has 2 N–H and O–H groups in total. The molecule has 2 aromatic rings. The van der Waals surface area contributed by atoms with Gasteiger partial charge in [-0.3, -0.25) is 20.5 Å². The predicted molar refractivity (Wildman–Crippen MR) is 122 cm³/mol. The van der Waals surface area contributed by atoms with Crippen LogP contribution in [0.4, 0.5) is 5.69 Å². The van der Waals surface area contributed by atoms with Gasteiger partial charge in [0, 0.05) is 44.3 Å². The van der Waals surface area contributed by atoms with Gasteiger partial charge >= 0.3 is 0 Å². The van der Waals surface area contributed by atoms with Crippen molar-refractivity contribution in [2.75, 3.05) is 44.7 Å². The number of hydrogen-bond donors (Lipinski definition) is 2. The number of hydrazine groups is 1. The molecule has 3 aliphatic rings. The second kappa shape index (κ2) is 8.99. The molecule has 1 aliphatic carbocycles. The number of nitrogens with zero attached hydrogens (tertiary/aromatic N) is 2. The lowest BCUT2D eigenvalue weighted by Crippen LogP contribution is -2.40. The molecule has 6 heteroatoms. The fourth-order valence-corrected chi connectivity index (χ4v) is 4.85. The molecule has 164 valence electrons. The summed E-state index contributed by atoms with van der Waals surface area (Å²) in [4.78, 5) is 18.3. The zero-order chi connectivity index (χ0) is 21.2. The topological polar surface area (TPSA) is 56.8 Å². The van der Waals surface area contributed by atoms with Crippen LogP contribution in [-0.4, -0.2) is 50.6 Å². The summed E-state index contributed by atoms with van der Waals surface area (Å²) in [7, 11) is 1.68. The van der Waals surface area contributed by atoms with Crippen LogP contribution in [0.5, 0.6) is 5.75 Å². The minimum absolute atomic E-state index is 0.170. The quantitative estimate of drug-likeness (QED) is 0.752. The summed E-state index contributed by atoms with van der Waals surface area (Å²) in [5, 5.41) is 0. The van der Waals surface area contributed by atoms with Crippen LogP contribution in [-0.2, 0) is 4.79 Å². The highest BCUT2D eigenvalue weighted by molar-refractivity contribution is 5.98. The van der Waals surface area contributed by atoms with Crippen LogP contribution in [0.15, 0.2) is 48.5 Å². The van der Waals surface area contributed by atoms with Crippen molar-refractivity contribution in [1.82, 2.24) is 15.8 Å². The Morgan fingerprint density at radius 3 is 2.48 bits per heavy atom. The van der Waals surface area contributed by atoms with E-state index in [-0.39, 0.29) is 11.9 Å². The van der Waals surface area contributed by atoms with Gasteiger partial charge in [-0.25, -0.2) is 0 Å². The van der Waals surface area contributed by atoms with E-state index in [4.69, 9.17) is 4.74 Å². The first-order valence-corrected chi connectivity index (χ1v) is 11.5. The van der Waals surface area contributed by atoms with Crippen molar-refractivity contribution in [3.8, 4) is 5.75 Å². The molecule has 1 atom stereocenters. The number of amides is 1. The molecule has 2 aromatic carbocycles. The number of anilines is 1. The highest BCUT2D eigenvalue weighted by atomic mass is 16.5. The standard InChI is InChI=1S/C25H32N4O2/c1-31-23-5-2-4-20(14-23)24-25(30)29(13-3-12-28(24)17-18-6-7-18)22-10-8-19(9-11-22)21-15-26-27-16-21/h2,4-5,8-11,14,18,21,24,26-27H,3,6-7,12-13,15-17H2,1H3. The van der Waals surface area contributed by atoms with Gasteiger partial charge in [0.1, 0.15) is 11.8 Å². The maximum atomic E-state index is 13.9. The van der Waals surface area contributed by atoms with E-state index < -0.39 is 0 Å². The van der Waals surface area contributed by atoms with Crippen LogP contribution in [0, 0.1) is 5.92 Å². The molecule has 0 bridgehead atoms. The molecule has 6 nitrogen and oxygen atoms in total. The summed E-state index contributed by atoms with van der Waals surface area (Å²) in [5.41, 5.74) is 9.71. The summed E-state index contributed by atoms with van der Waals surface area (Å²) in [6.07, 6.45) is 3.55. The zero-order valence-corrected chi connectivity index (χ0v) is 18.2. The Labute approximate surface area is 184 Å². The average Bonchev–Trinajstić information content (AvgIpc) is 3.49. The Hall–Kier alpha value is -2.41. The molecule has 0 aromatic heterocycles. The van der Waals surface area contributed by atoms with Gasteiger partial charge in [0.2, 0.25) is 5.91 Å². The molecular weight excluding hydrogens is 388 g/mol. The van der Waals surface area contributed by atoms with Gasteiger partial charge in [-0.15, -0.1) is 0 Å². The highest BCUT2D eigenvalue weighted by Crippen LogP contribution is 2.36. The van der Waals surface area contributed by atoms with Crippen molar-refractivity contribution in [2.45, 2.75) is 31.2 Å². The lowest BCUT2D eigenvalue weighted by Gasteiger charge is -2.31. The highest BCUT2D eigenvalue weighted by Gasteiger charge is 2.37. The molecule has 3 fully saturated rings. The molecule has 1 amide bonds. The smallest absolute Gasteiger partial charge is 0.248 e. The van der Waals surface area contributed by atoms with E-state index in [0.717, 1.165) is 62.1 Å². The first-order valence-electron chi connectivity index (χ1n) is 11.5. The number of benzene rings is 2. The van der Waals surface area contributed by atoms with Gasteiger partial charge in [0.05, 0.1) is 7.11 Å². The van der Waals surface area contributed by atoms with E-state index in [2.05, 4.69) is 46.1 Å². The van der Waals surface area contributed by atoms with Crippen LogP contribution in [0.25, 0.3) is 0 Å². The lowest BCUT2D eigenvalue weighted by atomic mass is 9.99. The molecule has 0 radical (unpaired) electrons. The van der Waals surface area contributed by atoms with Crippen molar-refractivity contribution < 1.29 is 9.53 Å². The Balaban J connectivity index is 1.43. The zero-order valence-electron chi connectivity index (χ0n) is 18.2. The number of hydrogen-bond acceptors (Lipinski definition) is 5. The summed E-state index contributed by atoms with van der Waals surface area (Å²) in [5.74, 6) is 2.19. The maximum Gasteiger partial charge on any atom is 0.248 e. The lowest BCUT2D eigenvalue weighted by molar-refractivity contribution is -0.123. The van der Waals surface area contributed by atoms with Crippen LogP contribution in [0.1, 0.15) is 42.3 Å². The Morgan fingerprint density at radius 2 is 1.77 bits per heavy atom. The number of nitrogens with one attached hydrogen (secondary N) is 2.